The summed E-state index contributed by atoms with van der Waals surface area (Å²) in [7, 11) is 1.82. The molecular weight excluding hydrogens is 176 g/mol. The van der Waals surface area contributed by atoms with E-state index in [4.69, 9.17) is 5.73 Å². The molecule has 0 saturated heterocycles. The largest absolute Gasteiger partial charge is 0.344 e. The van der Waals surface area contributed by atoms with Crippen molar-refractivity contribution in [3.8, 4) is 0 Å². The Morgan fingerprint density at radius 3 is 2.29 bits per heavy atom. The normalized spacial score (nSPS) is 13.9. The van der Waals surface area contributed by atoms with E-state index < -0.39 is 0 Å². The number of hydrogen-bond donors (Lipinski definition) is 1. The van der Waals surface area contributed by atoms with Crippen LogP contribution in [-0.4, -0.2) is 30.4 Å². The van der Waals surface area contributed by atoms with Crippen molar-refractivity contribution in [1.29, 1.82) is 0 Å². The Bertz CT molecular complexity index is 184. The van der Waals surface area contributed by atoms with E-state index in [-0.39, 0.29) is 17.4 Å². The minimum absolute atomic E-state index is 0.0572. The van der Waals surface area contributed by atoms with Gasteiger partial charge in [-0.1, -0.05) is 34.1 Å². The Kier molecular flexibility index (Phi) is 5.13. The second kappa shape index (κ2) is 5.35. The molecule has 0 aliphatic carbocycles. The SMILES string of the molecule is CCC[C@@H](N)C(=O)N(C)CC(C)(C)C. The zero-order chi connectivity index (χ0) is 11.4. The van der Waals surface area contributed by atoms with Crippen LogP contribution in [0.25, 0.3) is 0 Å². The Balaban J connectivity index is 4.12. The third-order valence-corrected chi connectivity index (χ3v) is 2.00. The summed E-state index contributed by atoms with van der Waals surface area (Å²) in [5.74, 6) is 0.0572. The van der Waals surface area contributed by atoms with Crippen LogP contribution in [0.3, 0.4) is 0 Å². The van der Waals surface area contributed by atoms with Gasteiger partial charge < -0.3 is 10.6 Å². The van der Waals surface area contributed by atoms with Crippen LogP contribution in [0.15, 0.2) is 0 Å². The highest BCUT2D eigenvalue weighted by atomic mass is 16.2. The van der Waals surface area contributed by atoms with Crippen molar-refractivity contribution >= 4 is 5.91 Å². The minimum Gasteiger partial charge on any atom is -0.344 e. The summed E-state index contributed by atoms with van der Waals surface area (Å²) in [4.78, 5) is 13.4. The molecule has 0 bridgehead atoms. The molecule has 0 rings (SSSR count). The number of rotatable bonds is 4. The van der Waals surface area contributed by atoms with Crippen LogP contribution < -0.4 is 5.73 Å². The summed E-state index contributed by atoms with van der Waals surface area (Å²) in [6.07, 6.45) is 1.73. The van der Waals surface area contributed by atoms with Gasteiger partial charge >= 0.3 is 0 Å². The maximum Gasteiger partial charge on any atom is 0.239 e. The van der Waals surface area contributed by atoms with E-state index in [0.717, 1.165) is 19.4 Å². The molecule has 0 spiro atoms. The van der Waals surface area contributed by atoms with E-state index in [0.29, 0.717) is 0 Å². The highest BCUT2D eigenvalue weighted by molar-refractivity contribution is 5.81. The number of likely N-dealkylation sites (N-methyl/N-ethyl adjacent to an activating group) is 1. The number of carbonyl (C=O) groups is 1. The minimum atomic E-state index is -0.327. The fraction of sp³-hybridized carbons (Fsp3) is 0.909. The number of amides is 1. The van der Waals surface area contributed by atoms with Crippen LogP contribution in [0.4, 0.5) is 0 Å². The summed E-state index contributed by atoms with van der Waals surface area (Å²) < 4.78 is 0. The van der Waals surface area contributed by atoms with Gasteiger partial charge in [-0.05, 0) is 11.8 Å². The molecule has 0 aromatic carbocycles. The molecule has 0 fully saturated rings. The van der Waals surface area contributed by atoms with Crippen LogP contribution >= 0.6 is 0 Å². The average Bonchev–Trinajstić information content (AvgIpc) is 2.00. The molecule has 14 heavy (non-hydrogen) atoms. The van der Waals surface area contributed by atoms with Crippen molar-refractivity contribution in [2.24, 2.45) is 11.1 Å². The zero-order valence-electron chi connectivity index (χ0n) is 10.1. The molecule has 0 aromatic heterocycles. The van der Waals surface area contributed by atoms with Gasteiger partial charge in [0.25, 0.3) is 0 Å². The fourth-order valence-electron chi connectivity index (χ4n) is 1.51. The van der Waals surface area contributed by atoms with Crippen LogP contribution in [0.2, 0.25) is 0 Å². The van der Waals surface area contributed by atoms with Crippen molar-refractivity contribution in [3.05, 3.63) is 0 Å². The molecule has 3 nitrogen and oxygen atoms in total. The smallest absolute Gasteiger partial charge is 0.239 e. The van der Waals surface area contributed by atoms with E-state index in [1.165, 1.54) is 0 Å². The van der Waals surface area contributed by atoms with Crippen LogP contribution in [0.1, 0.15) is 40.5 Å². The van der Waals surface area contributed by atoms with Crippen molar-refractivity contribution < 1.29 is 4.79 Å². The molecule has 0 heterocycles. The Labute approximate surface area is 87.6 Å². The lowest BCUT2D eigenvalue weighted by atomic mass is 9.96. The first kappa shape index (κ1) is 13.4. The molecular formula is C11H24N2O. The number of nitrogens with two attached hydrogens (primary N) is 1. The molecule has 0 unspecified atom stereocenters. The van der Waals surface area contributed by atoms with Crippen molar-refractivity contribution in [3.63, 3.8) is 0 Å². The number of carbonyl (C=O) groups excluding carboxylic acids is 1. The molecule has 2 N–H and O–H groups in total. The predicted molar refractivity (Wildman–Crippen MR) is 60.0 cm³/mol. The summed E-state index contributed by atoms with van der Waals surface area (Å²) in [5, 5.41) is 0. The van der Waals surface area contributed by atoms with Crippen molar-refractivity contribution in [2.75, 3.05) is 13.6 Å². The number of nitrogens with zero attached hydrogens (tertiary/aromatic N) is 1. The van der Waals surface area contributed by atoms with Gasteiger partial charge in [0.05, 0.1) is 6.04 Å². The maximum absolute atomic E-state index is 11.7. The number of hydrogen-bond acceptors (Lipinski definition) is 2. The summed E-state index contributed by atoms with van der Waals surface area (Å²) >= 11 is 0. The second-order valence-corrected chi connectivity index (χ2v) is 5.15. The summed E-state index contributed by atoms with van der Waals surface area (Å²) in [6, 6.07) is -0.327. The van der Waals surface area contributed by atoms with E-state index in [9.17, 15) is 4.79 Å². The van der Waals surface area contributed by atoms with E-state index in [2.05, 4.69) is 20.8 Å². The first-order valence-electron chi connectivity index (χ1n) is 5.28. The van der Waals surface area contributed by atoms with Gasteiger partial charge in [0.1, 0.15) is 0 Å². The molecule has 3 heteroatoms. The zero-order valence-corrected chi connectivity index (χ0v) is 10.1. The van der Waals surface area contributed by atoms with Crippen LogP contribution in [0.5, 0.6) is 0 Å². The maximum atomic E-state index is 11.7. The van der Waals surface area contributed by atoms with Gasteiger partial charge in [-0.3, -0.25) is 4.79 Å². The molecule has 1 atom stereocenters. The monoisotopic (exact) mass is 200 g/mol. The Morgan fingerprint density at radius 2 is 1.93 bits per heavy atom. The lowest BCUT2D eigenvalue weighted by Gasteiger charge is -2.28. The van der Waals surface area contributed by atoms with Gasteiger partial charge in [-0.2, -0.15) is 0 Å². The van der Waals surface area contributed by atoms with Gasteiger partial charge in [0.2, 0.25) is 5.91 Å². The molecule has 84 valence electrons. The van der Waals surface area contributed by atoms with E-state index in [1.54, 1.807) is 4.90 Å². The molecule has 0 radical (unpaired) electrons. The van der Waals surface area contributed by atoms with Crippen molar-refractivity contribution in [1.82, 2.24) is 4.90 Å². The fourth-order valence-corrected chi connectivity index (χ4v) is 1.51. The third kappa shape index (κ3) is 5.22. The predicted octanol–water partition coefficient (Wildman–Crippen LogP) is 1.62. The van der Waals surface area contributed by atoms with Crippen LogP contribution in [0, 0.1) is 5.41 Å². The summed E-state index contributed by atoms with van der Waals surface area (Å²) in [5.41, 5.74) is 5.89. The lowest BCUT2D eigenvalue weighted by Crippen LogP contribution is -2.44. The highest BCUT2D eigenvalue weighted by Gasteiger charge is 2.21. The summed E-state index contributed by atoms with van der Waals surface area (Å²) in [6.45, 7) is 9.13. The standard InChI is InChI=1S/C11H24N2O/c1-6-7-9(12)10(14)13(5)8-11(2,3)4/h9H,6-8,12H2,1-5H3/t9-/m1/s1. The van der Waals surface area contributed by atoms with E-state index in [1.807, 2.05) is 14.0 Å². The second-order valence-electron chi connectivity index (χ2n) is 5.15. The lowest BCUT2D eigenvalue weighted by molar-refractivity contribution is -0.132. The Morgan fingerprint density at radius 1 is 1.43 bits per heavy atom. The molecule has 0 aliphatic heterocycles. The molecule has 0 saturated carbocycles. The van der Waals surface area contributed by atoms with E-state index >= 15 is 0 Å². The Hall–Kier alpha value is -0.570. The van der Waals surface area contributed by atoms with Crippen molar-refractivity contribution in [2.45, 2.75) is 46.6 Å². The first-order chi connectivity index (χ1) is 6.28. The molecule has 0 aromatic rings. The average molecular weight is 200 g/mol. The first-order valence-corrected chi connectivity index (χ1v) is 5.28. The van der Waals surface area contributed by atoms with Gasteiger partial charge in [-0.25, -0.2) is 0 Å². The molecule has 1 amide bonds. The highest BCUT2D eigenvalue weighted by Crippen LogP contribution is 2.14. The topological polar surface area (TPSA) is 46.3 Å². The van der Waals surface area contributed by atoms with Gasteiger partial charge in [-0.15, -0.1) is 0 Å². The van der Waals surface area contributed by atoms with Gasteiger partial charge in [0.15, 0.2) is 0 Å². The van der Waals surface area contributed by atoms with Gasteiger partial charge in [0, 0.05) is 13.6 Å². The van der Waals surface area contributed by atoms with Crippen LogP contribution in [-0.2, 0) is 4.79 Å². The third-order valence-electron chi connectivity index (χ3n) is 2.00. The quantitative estimate of drug-likeness (QED) is 0.749. The molecule has 0 aliphatic rings.